The van der Waals surface area contributed by atoms with Gasteiger partial charge >= 0.3 is 5.97 Å². The van der Waals surface area contributed by atoms with E-state index < -0.39 is 16.0 Å². The van der Waals surface area contributed by atoms with Gasteiger partial charge in [0, 0.05) is 48.4 Å². The van der Waals surface area contributed by atoms with Crippen LogP contribution in [0.15, 0.2) is 52.6 Å². The lowest BCUT2D eigenvalue weighted by Crippen LogP contribution is -2.34. The molecule has 1 aliphatic rings. The number of aromatic nitrogens is 3. The molecule has 2 heterocycles. The van der Waals surface area contributed by atoms with Crippen LogP contribution in [0.3, 0.4) is 0 Å². The van der Waals surface area contributed by atoms with Gasteiger partial charge in [-0.3, -0.25) is 9.59 Å². The first-order valence-electron chi connectivity index (χ1n) is 14.6. The van der Waals surface area contributed by atoms with E-state index >= 15 is 0 Å². The van der Waals surface area contributed by atoms with Gasteiger partial charge in [-0.25, -0.2) is 23.1 Å². The summed E-state index contributed by atoms with van der Waals surface area (Å²) in [6, 6.07) is 13.1. The fourth-order valence-corrected chi connectivity index (χ4v) is 5.12. The zero-order valence-electron chi connectivity index (χ0n) is 26.7. The molecular formula is C31H40N8O5S. The highest BCUT2D eigenvalue weighted by atomic mass is 32.2. The molecule has 1 aliphatic heterocycles. The molecule has 0 bridgehead atoms. The predicted octanol–water partition coefficient (Wildman–Crippen LogP) is 3.91. The van der Waals surface area contributed by atoms with E-state index in [4.69, 9.17) is 15.1 Å². The number of nitrogens with zero attached hydrogens (tertiary/aromatic N) is 6. The number of aryl methyl sites for hydroxylation is 1. The van der Waals surface area contributed by atoms with Crippen molar-refractivity contribution in [2.45, 2.75) is 47.5 Å². The second-order valence-electron chi connectivity index (χ2n) is 11.7. The van der Waals surface area contributed by atoms with Gasteiger partial charge in [0.25, 0.3) is 0 Å². The summed E-state index contributed by atoms with van der Waals surface area (Å²) in [6.45, 7) is 11.8. The number of anilines is 2. The van der Waals surface area contributed by atoms with Crippen molar-refractivity contribution in [1.29, 1.82) is 0 Å². The van der Waals surface area contributed by atoms with E-state index in [0.717, 1.165) is 34.5 Å². The Hall–Kier alpha value is -4.43. The van der Waals surface area contributed by atoms with Crippen LogP contribution in [0.5, 0.6) is 0 Å². The van der Waals surface area contributed by atoms with Crippen LogP contribution < -0.4 is 14.9 Å². The Balaban J connectivity index is 1.57. The fourth-order valence-electron chi connectivity index (χ4n) is 4.66. The predicted molar refractivity (Wildman–Crippen MR) is 176 cm³/mol. The lowest BCUT2D eigenvalue weighted by atomic mass is 9.87. The number of esters is 1. The number of nitrogens with one attached hydrogen (secondary N) is 2. The molecular weight excluding hydrogens is 596 g/mol. The average molecular weight is 637 g/mol. The lowest BCUT2D eigenvalue weighted by Gasteiger charge is -2.24. The summed E-state index contributed by atoms with van der Waals surface area (Å²) < 4.78 is 30.1. The number of amides is 1. The Morgan fingerprint density at radius 3 is 2.40 bits per heavy atom. The van der Waals surface area contributed by atoms with Gasteiger partial charge in [-0.2, -0.15) is 5.10 Å². The highest BCUT2D eigenvalue weighted by molar-refractivity contribution is 7.88. The minimum atomic E-state index is -3.25. The van der Waals surface area contributed by atoms with Crippen LogP contribution >= 0.6 is 0 Å². The Bertz CT molecular complexity index is 1740. The topological polar surface area (TPSA) is 160 Å². The van der Waals surface area contributed by atoms with Crippen LogP contribution in [0.4, 0.5) is 17.1 Å². The van der Waals surface area contributed by atoms with Gasteiger partial charge in [-0.15, -0.1) is 9.89 Å². The summed E-state index contributed by atoms with van der Waals surface area (Å²) in [6.07, 6.45) is 1.19. The Morgan fingerprint density at radius 1 is 1.09 bits per heavy atom. The van der Waals surface area contributed by atoms with E-state index in [0.29, 0.717) is 42.7 Å². The second-order valence-corrected chi connectivity index (χ2v) is 13.6. The van der Waals surface area contributed by atoms with Crippen LogP contribution in [0.25, 0.3) is 11.4 Å². The van der Waals surface area contributed by atoms with Gasteiger partial charge in [0.05, 0.1) is 31.2 Å². The molecule has 0 saturated carbocycles. The Labute approximate surface area is 263 Å². The molecule has 2 aromatic carbocycles. The largest absolute Gasteiger partial charge is 0.469 e. The quantitative estimate of drug-likeness (QED) is 0.283. The second kappa shape index (κ2) is 13.7. The molecule has 0 radical (unpaired) electrons. The molecule has 0 fully saturated rings. The van der Waals surface area contributed by atoms with Crippen molar-refractivity contribution >= 4 is 50.4 Å². The highest BCUT2D eigenvalue weighted by Gasteiger charge is 2.35. The molecule has 3 aromatic rings. The molecule has 14 heteroatoms. The van der Waals surface area contributed by atoms with Gasteiger partial charge < -0.3 is 15.0 Å². The molecule has 45 heavy (non-hydrogen) atoms. The fraction of sp³-hybridized carbons (Fsp3) is 0.419. The number of fused-ring (bicyclic) bond motifs is 1. The molecule has 0 atom stereocenters. The lowest BCUT2D eigenvalue weighted by molar-refractivity contribution is -0.141. The third-order valence-corrected chi connectivity index (χ3v) is 7.78. The number of carbonyl (C=O) groups is 2. The maximum absolute atomic E-state index is 12.1. The molecule has 0 unspecified atom stereocenters. The summed E-state index contributed by atoms with van der Waals surface area (Å²) in [7, 11) is -1.97. The normalized spacial score (nSPS) is 13.8. The number of ether oxygens (including phenoxy) is 1. The van der Waals surface area contributed by atoms with Crippen LogP contribution in [0.1, 0.15) is 51.9 Å². The number of aliphatic imine (C=N–C) groups is 1. The van der Waals surface area contributed by atoms with Gasteiger partial charge in [-0.05, 0) is 61.9 Å². The molecule has 1 aromatic heterocycles. The number of hydrogen-bond donors (Lipinski definition) is 2. The number of methoxy groups -OCH3 is 1. The monoisotopic (exact) mass is 636 g/mol. The average Bonchev–Trinajstić information content (AvgIpc) is 3.54. The van der Waals surface area contributed by atoms with E-state index in [-0.39, 0.29) is 24.2 Å². The summed E-state index contributed by atoms with van der Waals surface area (Å²) >= 11 is 0. The molecule has 240 valence electrons. The molecule has 13 nitrogen and oxygen atoms in total. The first kappa shape index (κ1) is 33.5. The Morgan fingerprint density at radius 2 is 1.80 bits per heavy atom. The maximum Gasteiger partial charge on any atom is 0.306 e. The van der Waals surface area contributed by atoms with Crippen molar-refractivity contribution in [3.63, 3.8) is 0 Å². The number of rotatable bonds is 12. The first-order chi connectivity index (χ1) is 21.2. The van der Waals surface area contributed by atoms with Crippen molar-refractivity contribution in [2.75, 3.05) is 43.2 Å². The number of sulfonamides is 1. The zero-order valence-corrected chi connectivity index (χ0v) is 27.5. The number of carbonyl (C=O) groups excluding carboxylic acids is 2. The molecule has 0 saturated heterocycles. The van der Waals surface area contributed by atoms with E-state index in [9.17, 15) is 18.0 Å². The minimum absolute atomic E-state index is 0.0113. The molecule has 0 aliphatic carbocycles. The third-order valence-electron chi connectivity index (χ3n) is 7.05. The summed E-state index contributed by atoms with van der Waals surface area (Å²) in [4.78, 5) is 36.9. The number of likely N-dealkylation sites (N-methyl/N-ethyl adjacent to an activating group) is 1. The smallest absolute Gasteiger partial charge is 0.306 e. The first-order valence-corrected chi connectivity index (χ1v) is 16.5. The van der Waals surface area contributed by atoms with Gasteiger partial charge in [0.1, 0.15) is 5.71 Å². The molecule has 0 spiro atoms. The standard InChI is InChI=1S/C31H40N8O5S/c1-8-38(18-17-32-45(7,42)43)23-13-14-24(20(2)19-23)34-27-28(31(3,4)5)36-39-30(27)35-29(37-39)21-9-11-22(12-10-21)33-25(40)15-16-26(41)44-6/h9-14,19,32H,8,15-18H2,1-7H3,(H,33,40). The molecule has 1 amide bonds. The van der Waals surface area contributed by atoms with Gasteiger partial charge in [-0.1, -0.05) is 20.8 Å². The van der Waals surface area contributed by atoms with Crippen molar-refractivity contribution < 1.29 is 22.7 Å². The Kier molecular flexibility index (Phi) is 10.2. The highest BCUT2D eigenvalue weighted by Crippen LogP contribution is 2.31. The van der Waals surface area contributed by atoms with E-state index in [1.165, 1.54) is 11.9 Å². The van der Waals surface area contributed by atoms with Crippen LogP contribution in [-0.2, 0) is 24.3 Å². The summed E-state index contributed by atoms with van der Waals surface area (Å²) in [5.74, 6) is 0.269. The van der Waals surface area contributed by atoms with Crippen molar-refractivity contribution in [3.05, 3.63) is 53.9 Å². The number of benzene rings is 2. The SMILES string of the molecule is CCN(CCNS(C)(=O)=O)c1ccc(N=C2C(C(C)(C)C)=Nn3nc(-c4ccc(NC(=O)CCC(=O)OC)cc4)nc32)c(C)c1. The molecule has 4 rings (SSSR count). The third kappa shape index (κ3) is 8.60. The van der Waals surface area contributed by atoms with Gasteiger partial charge in [0.15, 0.2) is 5.82 Å². The molecule has 2 N–H and O–H groups in total. The van der Waals surface area contributed by atoms with E-state index in [1.807, 2.05) is 32.0 Å². The zero-order chi connectivity index (χ0) is 32.9. The maximum atomic E-state index is 12.1. The van der Waals surface area contributed by atoms with Crippen molar-refractivity contribution in [3.8, 4) is 11.4 Å². The number of hydrogen-bond acceptors (Lipinski definition) is 10. The van der Waals surface area contributed by atoms with Crippen LogP contribution in [-0.4, -0.2) is 79.6 Å². The van der Waals surface area contributed by atoms with Gasteiger partial charge in [0.2, 0.25) is 21.8 Å². The summed E-state index contributed by atoms with van der Waals surface area (Å²) in [5, 5.41) is 12.1. The van der Waals surface area contributed by atoms with Crippen molar-refractivity contribution in [2.24, 2.45) is 15.5 Å². The van der Waals surface area contributed by atoms with E-state index in [1.54, 1.807) is 24.3 Å². The van der Waals surface area contributed by atoms with E-state index in [2.05, 4.69) is 45.5 Å². The van der Waals surface area contributed by atoms with Crippen LogP contribution in [0, 0.1) is 12.3 Å². The minimum Gasteiger partial charge on any atom is -0.469 e. The van der Waals surface area contributed by atoms with Crippen molar-refractivity contribution in [1.82, 2.24) is 19.6 Å². The summed E-state index contributed by atoms with van der Waals surface area (Å²) in [5.41, 5.74) is 5.08. The van der Waals surface area contributed by atoms with Crippen LogP contribution in [0.2, 0.25) is 0 Å².